The molecule has 0 fully saturated rings. The van der Waals surface area contributed by atoms with Crippen molar-refractivity contribution in [1.29, 1.82) is 0 Å². The summed E-state index contributed by atoms with van der Waals surface area (Å²) in [5, 5.41) is 2.69. The number of carbonyl (C=O) groups is 2. The van der Waals surface area contributed by atoms with Crippen LogP contribution in [0.4, 0.5) is 5.69 Å². The average molecular weight is 362 g/mol. The van der Waals surface area contributed by atoms with Gasteiger partial charge in [0.1, 0.15) is 11.3 Å². The number of aryl methyl sites for hydroxylation is 1. The Labute approximate surface area is 155 Å². The van der Waals surface area contributed by atoms with Crippen LogP contribution in [0.5, 0.6) is 0 Å². The van der Waals surface area contributed by atoms with Crippen molar-refractivity contribution in [1.82, 2.24) is 4.98 Å². The first-order chi connectivity index (χ1) is 13.0. The number of ketones is 1. The first-order valence-electron chi connectivity index (χ1n) is 8.72. The minimum atomic E-state index is -0.538. The molecule has 0 saturated carbocycles. The maximum Gasteiger partial charge on any atom is 0.261 e. The van der Waals surface area contributed by atoms with E-state index in [-0.39, 0.29) is 23.7 Å². The average Bonchev–Trinajstić information content (AvgIpc) is 3.17. The molecule has 6 heteroatoms. The van der Waals surface area contributed by atoms with Crippen molar-refractivity contribution in [2.24, 2.45) is 0 Å². The molecular weight excluding hydrogens is 344 g/mol. The summed E-state index contributed by atoms with van der Waals surface area (Å²) in [5.41, 5.74) is 2.02. The summed E-state index contributed by atoms with van der Waals surface area (Å²) in [6, 6.07) is 12.3. The zero-order valence-corrected chi connectivity index (χ0v) is 14.7. The molecule has 2 heterocycles. The van der Waals surface area contributed by atoms with Crippen molar-refractivity contribution >= 4 is 17.4 Å². The van der Waals surface area contributed by atoms with Gasteiger partial charge in [-0.15, -0.1) is 0 Å². The fraction of sp³-hybridized carbons (Fsp3) is 0.190. The molecule has 2 N–H and O–H groups in total. The van der Waals surface area contributed by atoms with E-state index < -0.39 is 11.5 Å². The lowest BCUT2D eigenvalue weighted by Gasteiger charge is -2.22. The third-order valence-electron chi connectivity index (χ3n) is 4.81. The van der Waals surface area contributed by atoms with Crippen LogP contribution >= 0.6 is 0 Å². The topological polar surface area (TPSA) is 92.2 Å². The van der Waals surface area contributed by atoms with E-state index in [1.165, 1.54) is 6.07 Å². The predicted molar refractivity (Wildman–Crippen MR) is 100 cm³/mol. The number of furan rings is 1. The van der Waals surface area contributed by atoms with Gasteiger partial charge in [-0.3, -0.25) is 14.4 Å². The second-order valence-electron chi connectivity index (χ2n) is 6.77. The Morgan fingerprint density at radius 2 is 1.93 bits per heavy atom. The standard InChI is InChI=1S/C21H18N2O4/c1-12-4-6-14(7-5-12)22-20(25)16-11-15-17(23-21(16)26)9-13(10-18(15)24)19-3-2-8-27-19/h2-8,11,13H,9-10H2,1H3,(H,22,25)(H,23,26). The highest BCUT2D eigenvalue weighted by Crippen LogP contribution is 2.31. The Balaban J connectivity index is 1.62. The van der Waals surface area contributed by atoms with Gasteiger partial charge in [0.05, 0.1) is 6.26 Å². The summed E-state index contributed by atoms with van der Waals surface area (Å²) < 4.78 is 5.39. The highest BCUT2D eigenvalue weighted by atomic mass is 16.3. The first-order valence-corrected chi connectivity index (χ1v) is 8.72. The number of Topliss-reactive ketones (excluding diaryl/α,β-unsaturated/α-hetero) is 1. The summed E-state index contributed by atoms with van der Waals surface area (Å²) in [5.74, 6) is -0.0407. The number of hydrogen-bond acceptors (Lipinski definition) is 4. The van der Waals surface area contributed by atoms with Crippen molar-refractivity contribution in [3.63, 3.8) is 0 Å². The Morgan fingerprint density at radius 1 is 1.15 bits per heavy atom. The Morgan fingerprint density at radius 3 is 2.63 bits per heavy atom. The maximum atomic E-state index is 12.6. The summed E-state index contributed by atoms with van der Waals surface area (Å²) >= 11 is 0. The maximum absolute atomic E-state index is 12.6. The van der Waals surface area contributed by atoms with Gasteiger partial charge in [-0.1, -0.05) is 17.7 Å². The number of carbonyl (C=O) groups excluding carboxylic acids is 2. The van der Waals surface area contributed by atoms with E-state index in [2.05, 4.69) is 10.3 Å². The summed E-state index contributed by atoms with van der Waals surface area (Å²) in [6.45, 7) is 1.95. The fourth-order valence-electron chi connectivity index (χ4n) is 3.36. The number of fused-ring (bicyclic) bond motifs is 1. The molecule has 1 aliphatic rings. The van der Waals surface area contributed by atoms with Gasteiger partial charge in [0.2, 0.25) is 0 Å². The third kappa shape index (κ3) is 3.33. The van der Waals surface area contributed by atoms with Crippen LogP contribution in [0, 0.1) is 6.92 Å². The number of aromatic amines is 1. The molecule has 2 aromatic heterocycles. The largest absolute Gasteiger partial charge is 0.469 e. The van der Waals surface area contributed by atoms with Gasteiger partial charge in [-0.25, -0.2) is 0 Å². The summed E-state index contributed by atoms with van der Waals surface area (Å²) in [6.07, 6.45) is 2.34. The molecule has 136 valence electrons. The smallest absolute Gasteiger partial charge is 0.261 e. The highest BCUT2D eigenvalue weighted by Gasteiger charge is 2.30. The molecule has 6 nitrogen and oxygen atoms in total. The molecule has 0 radical (unpaired) electrons. The second kappa shape index (κ2) is 6.72. The number of aromatic nitrogens is 1. The van der Waals surface area contributed by atoms with Crippen molar-refractivity contribution < 1.29 is 14.0 Å². The molecule has 27 heavy (non-hydrogen) atoms. The van der Waals surface area contributed by atoms with Gasteiger partial charge in [-0.05, 0) is 43.7 Å². The van der Waals surface area contributed by atoms with Gasteiger partial charge in [0.25, 0.3) is 11.5 Å². The first kappa shape index (κ1) is 17.0. The van der Waals surface area contributed by atoms with Gasteiger partial charge >= 0.3 is 0 Å². The molecule has 1 unspecified atom stereocenters. The highest BCUT2D eigenvalue weighted by molar-refractivity contribution is 6.06. The summed E-state index contributed by atoms with van der Waals surface area (Å²) in [4.78, 5) is 40.2. The van der Waals surface area contributed by atoms with E-state index in [1.54, 1.807) is 24.5 Å². The van der Waals surface area contributed by atoms with Crippen LogP contribution in [0.3, 0.4) is 0 Å². The summed E-state index contributed by atoms with van der Waals surface area (Å²) in [7, 11) is 0. The number of H-pyrrole nitrogens is 1. The quantitative estimate of drug-likeness (QED) is 0.746. The molecule has 1 aromatic carbocycles. The van der Waals surface area contributed by atoms with E-state index in [1.807, 2.05) is 25.1 Å². The minimum Gasteiger partial charge on any atom is -0.469 e. The van der Waals surface area contributed by atoms with E-state index in [9.17, 15) is 14.4 Å². The van der Waals surface area contributed by atoms with Crippen LogP contribution < -0.4 is 10.9 Å². The zero-order valence-electron chi connectivity index (χ0n) is 14.7. The molecule has 1 amide bonds. The molecule has 0 spiro atoms. The number of rotatable bonds is 3. The zero-order chi connectivity index (χ0) is 19.0. The van der Waals surface area contributed by atoms with Gasteiger partial charge in [0, 0.05) is 29.3 Å². The van der Waals surface area contributed by atoms with E-state index in [4.69, 9.17) is 4.42 Å². The van der Waals surface area contributed by atoms with E-state index in [0.29, 0.717) is 23.4 Å². The number of hydrogen-bond donors (Lipinski definition) is 2. The molecule has 4 rings (SSSR count). The second-order valence-corrected chi connectivity index (χ2v) is 6.77. The van der Waals surface area contributed by atoms with Crippen LogP contribution in [0.2, 0.25) is 0 Å². The van der Waals surface area contributed by atoms with Crippen LogP contribution in [0.15, 0.2) is 57.9 Å². The number of pyridine rings is 1. The SMILES string of the molecule is Cc1ccc(NC(=O)c2cc3c([nH]c2=O)CC(c2ccco2)CC3=O)cc1. The third-order valence-corrected chi connectivity index (χ3v) is 4.81. The number of benzene rings is 1. The van der Waals surface area contributed by atoms with Crippen LogP contribution in [0.25, 0.3) is 0 Å². The lowest BCUT2D eigenvalue weighted by Crippen LogP contribution is -2.29. The van der Waals surface area contributed by atoms with Gasteiger partial charge in [-0.2, -0.15) is 0 Å². The van der Waals surface area contributed by atoms with Crippen molar-refractivity contribution in [2.75, 3.05) is 5.32 Å². The molecule has 3 aromatic rings. The van der Waals surface area contributed by atoms with Crippen molar-refractivity contribution in [3.8, 4) is 0 Å². The van der Waals surface area contributed by atoms with E-state index >= 15 is 0 Å². The van der Waals surface area contributed by atoms with Crippen LogP contribution in [-0.2, 0) is 6.42 Å². The van der Waals surface area contributed by atoms with Crippen molar-refractivity contribution in [3.05, 3.63) is 87.2 Å². The molecule has 0 bridgehead atoms. The molecule has 1 atom stereocenters. The fourth-order valence-corrected chi connectivity index (χ4v) is 3.36. The number of nitrogens with one attached hydrogen (secondary N) is 2. The molecule has 0 saturated heterocycles. The monoisotopic (exact) mass is 362 g/mol. The Kier molecular flexibility index (Phi) is 4.24. The predicted octanol–water partition coefficient (Wildman–Crippen LogP) is 3.44. The lowest BCUT2D eigenvalue weighted by molar-refractivity contribution is 0.0959. The minimum absolute atomic E-state index is 0.0703. The normalized spacial score (nSPS) is 16.0. The van der Waals surface area contributed by atoms with E-state index in [0.717, 1.165) is 11.3 Å². The van der Waals surface area contributed by atoms with Crippen molar-refractivity contribution in [2.45, 2.75) is 25.7 Å². The molecule has 0 aliphatic heterocycles. The number of anilines is 1. The lowest BCUT2D eigenvalue weighted by atomic mass is 9.84. The van der Waals surface area contributed by atoms with Crippen LogP contribution in [-0.4, -0.2) is 16.7 Å². The number of amides is 1. The molecule has 1 aliphatic carbocycles. The molecular formula is C21H18N2O4. The van der Waals surface area contributed by atoms with Gasteiger partial charge < -0.3 is 14.7 Å². The Bertz CT molecular complexity index is 1060. The van der Waals surface area contributed by atoms with Gasteiger partial charge in [0.15, 0.2) is 5.78 Å². The van der Waals surface area contributed by atoms with Crippen LogP contribution in [0.1, 0.15) is 50.1 Å². The Hall–Kier alpha value is -3.41.